The largest absolute Gasteiger partial charge is 0.484 e. The predicted molar refractivity (Wildman–Crippen MR) is 89.7 cm³/mol. The van der Waals surface area contributed by atoms with Crippen LogP contribution in [0.15, 0.2) is 18.2 Å². The molecular formula is C17H22F6N2O3. The van der Waals surface area contributed by atoms with Crippen LogP contribution in [0.25, 0.3) is 0 Å². The van der Waals surface area contributed by atoms with Crippen LogP contribution in [-0.2, 0) is 0 Å². The third kappa shape index (κ3) is 9.67. The van der Waals surface area contributed by atoms with E-state index >= 15 is 0 Å². The SMILES string of the molecule is CCN(CC)CCNC(=O)c1cc(OCC(F)(F)F)cc(OCC(F)(F)F)c1. The van der Waals surface area contributed by atoms with Crippen molar-refractivity contribution in [3.8, 4) is 11.5 Å². The fourth-order valence-electron chi connectivity index (χ4n) is 2.17. The maximum Gasteiger partial charge on any atom is 0.422 e. The van der Waals surface area contributed by atoms with E-state index < -0.39 is 43.0 Å². The van der Waals surface area contributed by atoms with Crippen LogP contribution >= 0.6 is 0 Å². The number of halogens is 6. The Balaban J connectivity index is 2.89. The van der Waals surface area contributed by atoms with E-state index in [4.69, 9.17) is 0 Å². The number of likely N-dealkylation sites (N-methyl/N-ethyl adjacent to an activating group) is 1. The summed E-state index contributed by atoms with van der Waals surface area (Å²) in [7, 11) is 0. The molecule has 1 amide bonds. The van der Waals surface area contributed by atoms with Crippen molar-refractivity contribution in [2.24, 2.45) is 0 Å². The van der Waals surface area contributed by atoms with Crippen LogP contribution in [0.5, 0.6) is 11.5 Å². The van der Waals surface area contributed by atoms with Gasteiger partial charge >= 0.3 is 12.4 Å². The highest BCUT2D eigenvalue weighted by Gasteiger charge is 2.30. The molecule has 1 aromatic rings. The topological polar surface area (TPSA) is 50.8 Å². The van der Waals surface area contributed by atoms with Gasteiger partial charge in [-0.15, -0.1) is 0 Å². The first-order valence-electron chi connectivity index (χ1n) is 8.48. The molecule has 0 aromatic heterocycles. The van der Waals surface area contributed by atoms with Gasteiger partial charge in [-0.05, 0) is 25.2 Å². The third-order valence-electron chi connectivity index (χ3n) is 3.56. The molecule has 0 heterocycles. The summed E-state index contributed by atoms with van der Waals surface area (Å²) in [4.78, 5) is 14.3. The highest BCUT2D eigenvalue weighted by molar-refractivity contribution is 5.95. The van der Waals surface area contributed by atoms with Gasteiger partial charge in [0.25, 0.3) is 5.91 Å². The van der Waals surface area contributed by atoms with Gasteiger partial charge in [0.1, 0.15) is 11.5 Å². The summed E-state index contributed by atoms with van der Waals surface area (Å²) in [6.45, 7) is 2.91. The molecule has 0 aliphatic heterocycles. The number of ether oxygens (including phenoxy) is 2. The summed E-state index contributed by atoms with van der Waals surface area (Å²) in [5.41, 5.74) is -0.170. The molecule has 1 N–H and O–H groups in total. The van der Waals surface area contributed by atoms with Gasteiger partial charge in [0.05, 0.1) is 0 Å². The second-order valence-corrected chi connectivity index (χ2v) is 5.78. The fourth-order valence-corrected chi connectivity index (χ4v) is 2.17. The minimum atomic E-state index is -4.64. The Hall–Kier alpha value is -2.17. The second-order valence-electron chi connectivity index (χ2n) is 5.78. The molecule has 0 spiro atoms. The summed E-state index contributed by atoms with van der Waals surface area (Å²) < 4.78 is 83.0. The van der Waals surface area contributed by atoms with Gasteiger partial charge in [0.2, 0.25) is 0 Å². The fraction of sp³-hybridized carbons (Fsp3) is 0.588. The van der Waals surface area contributed by atoms with Gasteiger partial charge in [-0.3, -0.25) is 4.79 Å². The van der Waals surface area contributed by atoms with Crippen LogP contribution in [-0.4, -0.2) is 62.6 Å². The molecule has 0 aliphatic rings. The Labute approximate surface area is 158 Å². The molecule has 0 atom stereocenters. The average molecular weight is 416 g/mol. The molecule has 28 heavy (non-hydrogen) atoms. The van der Waals surface area contributed by atoms with E-state index in [2.05, 4.69) is 14.8 Å². The van der Waals surface area contributed by atoms with Gasteiger partial charge in [-0.25, -0.2) is 0 Å². The van der Waals surface area contributed by atoms with E-state index in [0.717, 1.165) is 31.3 Å². The van der Waals surface area contributed by atoms with Crippen molar-refractivity contribution in [2.75, 3.05) is 39.4 Å². The van der Waals surface area contributed by atoms with Crippen molar-refractivity contribution in [3.63, 3.8) is 0 Å². The van der Waals surface area contributed by atoms with E-state index in [1.165, 1.54) is 0 Å². The predicted octanol–water partition coefficient (Wildman–Crippen LogP) is 3.64. The average Bonchev–Trinajstić information content (AvgIpc) is 2.60. The summed E-state index contributed by atoms with van der Waals surface area (Å²) in [5, 5.41) is 2.56. The van der Waals surface area contributed by atoms with E-state index in [1.54, 1.807) is 0 Å². The smallest absolute Gasteiger partial charge is 0.422 e. The quantitative estimate of drug-likeness (QED) is 0.592. The monoisotopic (exact) mass is 416 g/mol. The number of amides is 1. The normalized spacial score (nSPS) is 12.2. The number of rotatable bonds is 10. The molecule has 0 fully saturated rings. The van der Waals surface area contributed by atoms with Crippen molar-refractivity contribution < 1.29 is 40.6 Å². The number of carbonyl (C=O) groups excluding carboxylic acids is 1. The Morgan fingerprint density at radius 1 is 0.929 bits per heavy atom. The molecule has 0 aliphatic carbocycles. The van der Waals surface area contributed by atoms with Gasteiger partial charge in [-0.2, -0.15) is 26.3 Å². The molecule has 11 heteroatoms. The Morgan fingerprint density at radius 2 is 1.39 bits per heavy atom. The van der Waals surface area contributed by atoms with Crippen LogP contribution in [0.1, 0.15) is 24.2 Å². The molecule has 0 unspecified atom stereocenters. The molecule has 1 aromatic carbocycles. The van der Waals surface area contributed by atoms with Crippen molar-refractivity contribution in [1.29, 1.82) is 0 Å². The van der Waals surface area contributed by atoms with Crippen molar-refractivity contribution in [2.45, 2.75) is 26.2 Å². The summed E-state index contributed by atoms with van der Waals surface area (Å²) in [5.74, 6) is -1.52. The number of nitrogens with zero attached hydrogens (tertiary/aromatic N) is 1. The van der Waals surface area contributed by atoms with Crippen LogP contribution < -0.4 is 14.8 Å². The van der Waals surface area contributed by atoms with E-state index in [9.17, 15) is 31.1 Å². The van der Waals surface area contributed by atoms with Gasteiger partial charge in [-0.1, -0.05) is 13.8 Å². The van der Waals surface area contributed by atoms with Gasteiger partial charge < -0.3 is 19.7 Å². The van der Waals surface area contributed by atoms with Crippen LogP contribution in [0.2, 0.25) is 0 Å². The van der Waals surface area contributed by atoms with Crippen LogP contribution in [0.3, 0.4) is 0 Å². The first-order chi connectivity index (χ1) is 12.9. The number of hydrogen-bond donors (Lipinski definition) is 1. The van der Waals surface area contributed by atoms with Gasteiger partial charge in [0.15, 0.2) is 13.2 Å². The first kappa shape index (κ1) is 23.9. The number of benzene rings is 1. The van der Waals surface area contributed by atoms with Crippen molar-refractivity contribution >= 4 is 5.91 Å². The zero-order valence-electron chi connectivity index (χ0n) is 15.4. The lowest BCUT2D eigenvalue weighted by Gasteiger charge is -2.18. The van der Waals surface area contributed by atoms with E-state index in [1.807, 2.05) is 18.7 Å². The van der Waals surface area contributed by atoms with Crippen molar-refractivity contribution in [1.82, 2.24) is 10.2 Å². The highest BCUT2D eigenvalue weighted by atomic mass is 19.4. The Bertz CT molecular complexity index is 594. The molecule has 0 saturated carbocycles. The minimum absolute atomic E-state index is 0.170. The lowest BCUT2D eigenvalue weighted by atomic mass is 10.2. The number of carbonyl (C=O) groups is 1. The number of alkyl halides is 6. The Morgan fingerprint density at radius 3 is 1.79 bits per heavy atom. The zero-order valence-corrected chi connectivity index (χ0v) is 15.4. The first-order valence-corrected chi connectivity index (χ1v) is 8.48. The van der Waals surface area contributed by atoms with Gasteiger partial charge in [0, 0.05) is 24.7 Å². The van der Waals surface area contributed by atoms with Crippen molar-refractivity contribution in [3.05, 3.63) is 23.8 Å². The molecule has 0 saturated heterocycles. The molecule has 5 nitrogen and oxygen atoms in total. The third-order valence-corrected chi connectivity index (χ3v) is 3.56. The standard InChI is InChI=1S/C17H22F6N2O3/c1-3-25(4-2)6-5-24-15(26)12-7-13(27-10-16(18,19)20)9-14(8-12)28-11-17(21,22)23/h7-9H,3-6,10-11H2,1-2H3,(H,24,26). The maximum absolute atomic E-state index is 12.3. The molecule has 1 rings (SSSR count). The summed E-state index contributed by atoms with van der Waals surface area (Å²) >= 11 is 0. The van der Waals surface area contributed by atoms with E-state index in [-0.39, 0.29) is 12.1 Å². The minimum Gasteiger partial charge on any atom is -0.484 e. The number of nitrogens with one attached hydrogen (secondary N) is 1. The summed E-state index contributed by atoms with van der Waals surface area (Å²) in [6.07, 6.45) is -9.29. The Kier molecular flexibility index (Phi) is 8.86. The lowest BCUT2D eigenvalue weighted by molar-refractivity contribution is -0.153. The summed E-state index contributed by atoms with van der Waals surface area (Å²) in [6, 6.07) is 2.89. The maximum atomic E-state index is 12.3. The zero-order chi connectivity index (χ0) is 21.4. The molecular weight excluding hydrogens is 394 g/mol. The highest BCUT2D eigenvalue weighted by Crippen LogP contribution is 2.27. The lowest BCUT2D eigenvalue weighted by Crippen LogP contribution is -2.34. The molecule has 0 bridgehead atoms. The van der Waals surface area contributed by atoms with Crippen LogP contribution in [0, 0.1) is 0 Å². The van der Waals surface area contributed by atoms with Crippen LogP contribution in [0.4, 0.5) is 26.3 Å². The van der Waals surface area contributed by atoms with E-state index in [0.29, 0.717) is 6.54 Å². The molecule has 160 valence electrons. The second kappa shape index (κ2) is 10.4. The number of hydrogen-bond acceptors (Lipinski definition) is 4. The molecule has 0 radical (unpaired) electrons.